The molecule has 0 saturated carbocycles. The maximum absolute atomic E-state index is 12.8. The second-order valence-corrected chi connectivity index (χ2v) is 7.12. The molecule has 0 saturated heterocycles. The summed E-state index contributed by atoms with van der Waals surface area (Å²) < 4.78 is 7.28. The Balaban J connectivity index is 1.61. The van der Waals surface area contributed by atoms with Gasteiger partial charge in [0, 0.05) is 46.9 Å². The van der Waals surface area contributed by atoms with Crippen LogP contribution in [-0.2, 0) is 11.3 Å². The molecule has 0 radical (unpaired) electrons. The molecule has 28 heavy (non-hydrogen) atoms. The van der Waals surface area contributed by atoms with Crippen LogP contribution in [0.3, 0.4) is 0 Å². The number of benzene rings is 2. The molecule has 0 atom stereocenters. The molecule has 4 aromatic rings. The molecule has 0 fully saturated rings. The van der Waals surface area contributed by atoms with Gasteiger partial charge >= 0.3 is 0 Å². The van der Waals surface area contributed by atoms with E-state index in [-0.39, 0.29) is 5.91 Å². The number of nitrogens with zero attached hydrogens (tertiary/aromatic N) is 2. The van der Waals surface area contributed by atoms with E-state index in [0.29, 0.717) is 22.9 Å². The lowest BCUT2D eigenvalue weighted by atomic mass is 10.1. The molecule has 5 nitrogen and oxygen atoms in total. The summed E-state index contributed by atoms with van der Waals surface area (Å²) in [6, 6.07) is 15.2. The van der Waals surface area contributed by atoms with E-state index in [1.165, 1.54) is 0 Å². The van der Waals surface area contributed by atoms with Crippen molar-refractivity contribution in [3.63, 3.8) is 0 Å². The lowest BCUT2D eigenvalue weighted by Crippen LogP contribution is -2.14. The number of pyridine rings is 1. The number of ether oxygens (including phenoxy) is 1. The van der Waals surface area contributed by atoms with Crippen molar-refractivity contribution < 1.29 is 9.53 Å². The molecule has 4 rings (SSSR count). The van der Waals surface area contributed by atoms with Gasteiger partial charge in [0.2, 0.25) is 0 Å². The van der Waals surface area contributed by atoms with E-state index in [1.54, 1.807) is 13.2 Å². The van der Waals surface area contributed by atoms with Crippen LogP contribution in [0.5, 0.6) is 0 Å². The summed E-state index contributed by atoms with van der Waals surface area (Å²) in [5, 5.41) is 5.50. The topological polar surface area (TPSA) is 56.1 Å². The molecule has 0 aliphatic carbocycles. The highest BCUT2D eigenvalue weighted by molar-refractivity contribution is 6.31. The summed E-state index contributed by atoms with van der Waals surface area (Å²) in [4.78, 5) is 17.4. The second-order valence-electron chi connectivity index (χ2n) is 6.69. The van der Waals surface area contributed by atoms with Crippen LogP contribution in [0, 0.1) is 6.92 Å². The van der Waals surface area contributed by atoms with Crippen molar-refractivity contribution in [2.24, 2.45) is 0 Å². The van der Waals surface area contributed by atoms with Gasteiger partial charge in [-0.15, -0.1) is 0 Å². The first-order valence-corrected chi connectivity index (χ1v) is 9.39. The molecule has 142 valence electrons. The molecule has 0 unspecified atom stereocenters. The number of anilines is 1. The Kier molecular flexibility index (Phi) is 5.03. The van der Waals surface area contributed by atoms with Gasteiger partial charge in [-0.2, -0.15) is 0 Å². The number of hydrogen-bond acceptors (Lipinski definition) is 3. The van der Waals surface area contributed by atoms with Crippen LogP contribution in [0.25, 0.3) is 21.8 Å². The first-order valence-electron chi connectivity index (χ1n) is 9.01. The van der Waals surface area contributed by atoms with Crippen LogP contribution in [0.4, 0.5) is 5.69 Å². The van der Waals surface area contributed by atoms with Crippen molar-refractivity contribution >= 4 is 45.0 Å². The fraction of sp³-hybridized carbons (Fsp3) is 0.182. The average Bonchev–Trinajstić information content (AvgIpc) is 3.08. The molecule has 0 bridgehead atoms. The Bertz CT molecular complexity index is 1180. The molecule has 0 spiro atoms. The minimum absolute atomic E-state index is 0.190. The summed E-state index contributed by atoms with van der Waals surface area (Å²) in [7, 11) is 1.69. The normalized spacial score (nSPS) is 11.2. The van der Waals surface area contributed by atoms with Gasteiger partial charge in [-0.25, -0.2) is 0 Å². The van der Waals surface area contributed by atoms with Crippen LogP contribution in [-0.4, -0.2) is 29.2 Å². The number of halogens is 1. The van der Waals surface area contributed by atoms with E-state index in [0.717, 1.165) is 34.0 Å². The number of aromatic nitrogens is 2. The highest BCUT2D eigenvalue weighted by Crippen LogP contribution is 2.23. The zero-order valence-electron chi connectivity index (χ0n) is 15.7. The van der Waals surface area contributed by atoms with Gasteiger partial charge in [0.25, 0.3) is 5.91 Å². The molecular weight excluding hydrogens is 374 g/mol. The van der Waals surface area contributed by atoms with E-state index in [2.05, 4.69) is 14.9 Å². The molecule has 2 aromatic carbocycles. The first kappa shape index (κ1) is 18.5. The molecule has 6 heteroatoms. The largest absolute Gasteiger partial charge is 0.383 e. The highest BCUT2D eigenvalue weighted by Gasteiger charge is 2.13. The standard InChI is InChI=1S/C22H20ClN3O2/c1-14-19(13-16-11-17(23)3-5-20(16)24-14)22(27)25-18-4-6-21-15(12-18)7-8-26(21)9-10-28-2/h3-8,11-13H,9-10H2,1-2H3,(H,25,27). The zero-order valence-corrected chi connectivity index (χ0v) is 16.5. The van der Waals surface area contributed by atoms with E-state index in [4.69, 9.17) is 16.3 Å². The molecule has 1 N–H and O–H groups in total. The summed E-state index contributed by atoms with van der Waals surface area (Å²) in [5.74, 6) is -0.190. The fourth-order valence-electron chi connectivity index (χ4n) is 3.33. The number of aryl methyl sites for hydroxylation is 1. The number of carbonyl (C=O) groups is 1. The summed E-state index contributed by atoms with van der Waals surface area (Å²) >= 11 is 6.07. The van der Waals surface area contributed by atoms with Crippen molar-refractivity contribution in [2.45, 2.75) is 13.5 Å². The van der Waals surface area contributed by atoms with E-state index >= 15 is 0 Å². The minimum Gasteiger partial charge on any atom is -0.383 e. The number of carbonyl (C=O) groups excluding carboxylic acids is 1. The monoisotopic (exact) mass is 393 g/mol. The third-order valence-corrected chi connectivity index (χ3v) is 5.01. The van der Waals surface area contributed by atoms with Crippen LogP contribution in [0.2, 0.25) is 5.02 Å². The van der Waals surface area contributed by atoms with Crippen LogP contribution >= 0.6 is 11.6 Å². The summed E-state index contributed by atoms with van der Waals surface area (Å²) in [5.41, 5.74) is 3.88. The van der Waals surface area contributed by atoms with Crippen molar-refractivity contribution in [3.8, 4) is 0 Å². The lowest BCUT2D eigenvalue weighted by Gasteiger charge is -2.10. The van der Waals surface area contributed by atoms with Crippen molar-refractivity contribution in [1.82, 2.24) is 9.55 Å². The Morgan fingerprint density at radius 1 is 1.14 bits per heavy atom. The number of nitrogens with one attached hydrogen (secondary N) is 1. The number of methoxy groups -OCH3 is 1. The summed E-state index contributed by atoms with van der Waals surface area (Å²) in [6.45, 7) is 3.28. The van der Waals surface area contributed by atoms with Crippen molar-refractivity contribution in [3.05, 3.63) is 71.0 Å². The fourth-order valence-corrected chi connectivity index (χ4v) is 3.51. The van der Waals surface area contributed by atoms with Crippen LogP contribution < -0.4 is 5.32 Å². The molecule has 2 aromatic heterocycles. The van der Waals surface area contributed by atoms with E-state index < -0.39 is 0 Å². The maximum Gasteiger partial charge on any atom is 0.257 e. The zero-order chi connectivity index (χ0) is 19.7. The van der Waals surface area contributed by atoms with Crippen molar-refractivity contribution in [2.75, 3.05) is 19.0 Å². The number of rotatable bonds is 5. The SMILES string of the molecule is COCCn1ccc2cc(NC(=O)c3cc4cc(Cl)ccc4nc3C)ccc21. The third kappa shape index (κ3) is 3.59. The van der Waals surface area contributed by atoms with Gasteiger partial charge in [0.1, 0.15) is 0 Å². The molecule has 0 aliphatic rings. The van der Waals surface area contributed by atoms with E-state index in [1.807, 2.05) is 55.6 Å². The minimum atomic E-state index is -0.190. The molecule has 1 amide bonds. The van der Waals surface area contributed by atoms with Gasteiger partial charge in [0.05, 0.1) is 23.4 Å². The predicted octanol–water partition coefficient (Wildman–Crippen LogP) is 5.05. The lowest BCUT2D eigenvalue weighted by molar-refractivity contribution is 0.102. The third-order valence-electron chi connectivity index (χ3n) is 4.78. The Hall–Kier alpha value is -2.89. The summed E-state index contributed by atoms with van der Waals surface area (Å²) in [6.07, 6.45) is 2.02. The smallest absolute Gasteiger partial charge is 0.257 e. The first-order chi connectivity index (χ1) is 13.5. The number of fused-ring (bicyclic) bond motifs is 2. The van der Waals surface area contributed by atoms with Crippen molar-refractivity contribution in [1.29, 1.82) is 0 Å². The van der Waals surface area contributed by atoms with E-state index in [9.17, 15) is 4.79 Å². The van der Waals surface area contributed by atoms with Gasteiger partial charge in [-0.1, -0.05) is 11.6 Å². The van der Waals surface area contributed by atoms with Gasteiger partial charge in [-0.05, 0) is 55.5 Å². The Morgan fingerprint density at radius 3 is 2.82 bits per heavy atom. The van der Waals surface area contributed by atoms with Gasteiger partial charge in [-0.3, -0.25) is 9.78 Å². The maximum atomic E-state index is 12.8. The number of hydrogen-bond donors (Lipinski definition) is 1. The number of amides is 1. The Labute approximate surface area is 167 Å². The van der Waals surface area contributed by atoms with Gasteiger partial charge < -0.3 is 14.6 Å². The highest BCUT2D eigenvalue weighted by atomic mass is 35.5. The average molecular weight is 394 g/mol. The molecule has 2 heterocycles. The molecule has 0 aliphatic heterocycles. The quantitative estimate of drug-likeness (QED) is 0.516. The van der Waals surface area contributed by atoms with Crippen LogP contribution in [0.1, 0.15) is 16.1 Å². The predicted molar refractivity (Wildman–Crippen MR) is 113 cm³/mol. The second kappa shape index (κ2) is 7.62. The van der Waals surface area contributed by atoms with Crippen LogP contribution in [0.15, 0.2) is 54.7 Å². The van der Waals surface area contributed by atoms with Gasteiger partial charge in [0.15, 0.2) is 0 Å². The Morgan fingerprint density at radius 2 is 2.00 bits per heavy atom. The molecular formula is C22H20ClN3O2.